The molecule has 0 saturated carbocycles. The van der Waals surface area contributed by atoms with Gasteiger partial charge in [0.15, 0.2) is 6.61 Å². The zero-order valence-corrected chi connectivity index (χ0v) is 22.6. The van der Waals surface area contributed by atoms with Crippen LogP contribution in [0.2, 0.25) is 5.02 Å². The summed E-state index contributed by atoms with van der Waals surface area (Å²) in [4.78, 5) is 16.9. The molecule has 7 nitrogen and oxygen atoms in total. The molecule has 9 heteroatoms. The summed E-state index contributed by atoms with van der Waals surface area (Å²) in [5.41, 5.74) is 2.87. The van der Waals surface area contributed by atoms with Crippen LogP contribution in [0.25, 0.3) is 6.08 Å². The highest BCUT2D eigenvalue weighted by molar-refractivity contribution is 7.92. The van der Waals surface area contributed by atoms with Gasteiger partial charge in [-0.3, -0.25) is 14.0 Å². The van der Waals surface area contributed by atoms with E-state index < -0.39 is 10.0 Å². The van der Waals surface area contributed by atoms with E-state index in [1.165, 1.54) is 28.1 Å². The average molecular weight is 552 g/mol. The maximum absolute atomic E-state index is 13.3. The van der Waals surface area contributed by atoms with Crippen molar-refractivity contribution in [3.05, 3.63) is 95.0 Å². The first-order chi connectivity index (χ1) is 18.4. The molecule has 2 heterocycles. The third kappa shape index (κ3) is 5.88. The quantitative estimate of drug-likeness (QED) is 0.417. The van der Waals surface area contributed by atoms with E-state index in [2.05, 4.69) is 29.2 Å². The second kappa shape index (κ2) is 11.6. The van der Waals surface area contributed by atoms with Gasteiger partial charge in [-0.2, -0.15) is 0 Å². The fourth-order valence-electron chi connectivity index (χ4n) is 4.76. The molecule has 1 fully saturated rings. The number of hydrogen-bond donors (Lipinski definition) is 0. The summed E-state index contributed by atoms with van der Waals surface area (Å²) in [7, 11) is -3.76. The molecule has 0 radical (unpaired) electrons. The van der Waals surface area contributed by atoms with Crippen molar-refractivity contribution < 1.29 is 17.9 Å². The van der Waals surface area contributed by atoms with Crippen molar-refractivity contribution in [1.82, 2.24) is 9.80 Å². The van der Waals surface area contributed by atoms with E-state index in [1.54, 1.807) is 4.90 Å². The highest BCUT2D eigenvalue weighted by Gasteiger charge is 2.31. The van der Waals surface area contributed by atoms with Gasteiger partial charge in [-0.05, 0) is 41.8 Å². The zero-order chi connectivity index (χ0) is 26.5. The van der Waals surface area contributed by atoms with Crippen LogP contribution in [0.15, 0.2) is 83.8 Å². The van der Waals surface area contributed by atoms with Gasteiger partial charge in [0.05, 0.1) is 15.6 Å². The number of carbonyl (C=O) groups is 1. The summed E-state index contributed by atoms with van der Waals surface area (Å²) < 4.78 is 33.6. The first kappa shape index (κ1) is 26.3. The summed E-state index contributed by atoms with van der Waals surface area (Å²) in [6.45, 7) is 3.91. The van der Waals surface area contributed by atoms with Crippen molar-refractivity contribution in [2.75, 3.05) is 50.2 Å². The Bertz CT molecular complexity index is 1420. The largest absolute Gasteiger partial charge is 0.482 e. The molecule has 2 aliphatic rings. The van der Waals surface area contributed by atoms with Crippen LogP contribution < -0.4 is 9.04 Å². The van der Waals surface area contributed by atoms with E-state index in [9.17, 15) is 13.2 Å². The number of carbonyl (C=O) groups excluding carboxylic acids is 1. The SMILES string of the molecule is O=C(COc1ccc(S(=O)(=O)N2CCc3ccccc32)cc1Cl)N1CCN(C/C=C/c2ccccc2)CC1. The topological polar surface area (TPSA) is 70.2 Å². The molecule has 0 N–H and O–H groups in total. The summed E-state index contributed by atoms with van der Waals surface area (Å²) >= 11 is 6.38. The minimum atomic E-state index is -3.76. The first-order valence-electron chi connectivity index (χ1n) is 12.7. The van der Waals surface area contributed by atoms with Crippen LogP contribution in [-0.4, -0.2) is 70.0 Å². The second-order valence-corrected chi connectivity index (χ2v) is 11.6. The van der Waals surface area contributed by atoms with Crippen molar-refractivity contribution >= 4 is 39.3 Å². The van der Waals surface area contributed by atoms with Gasteiger partial charge in [-0.25, -0.2) is 8.42 Å². The third-order valence-electron chi connectivity index (χ3n) is 6.89. The van der Waals surface area contributed by atoms with Crippen LogP contribution in [0.1, 0.15) is 11.1 Å². The summed E-state index contributed by atoms with van der Waals surface area (Å²) in [6, 6.07) is 22.0. The summed E-state index contributed by atoms with van der Waals surface area (Å²) in [5.74, 6) is 0.163. The van der Waals surface area contributed by atoms with Crippen molar-refractivity contribution in [1.29, 1.82) is 0 Å². The molecule has 0 spiro atoms. The molecule has 0 unspecified atom stereocenters. The fourth-order valence-corrected chi connectivity index (χ4v) is 6.59. The van der Waals surface area contributed by atoms with Gasteiger partial charge in [0, 0.05) is 39.3 Å². The van der Waals surface area contributed by atoms with Crippen LogP contribution >= 0.6 is 11.6 Å². The maximum Gasteiger partial charge on any atom is 0.264 e. The molecule has 0 atom stereocenters. The first-order valence-corrected chi connectivity index (χ1v) is 14.5. The normalized spacial score (nSPS) is 16.1. The van der Waals surface area contributed by atoms with E-state index >= 15 is 0 Å². The van der Waals surface area contributed by atoms with Crippen LogP contribution in [-0.2, 0) is 21.2 Å². The van der Waals surface area contributed by atoms with Gasteiger partial charge in [0.2, 0.25) is 0 Å². The minimum Gasteiger partial charge on any atom is -0.482 e. The third-order valence-corrected chi connectivity index (χ3v) is 8.99. The lowest BCUT2D eigenvalue weighted by Crippen LogP contribution is -2.49. The standard InChI is InChI=1S/C29H30ClN3O4S/c30-26-21-25(38(35,36)33-16-14-24-10-4-5-11-27(24)33)12-13-28(26)37-22-29(34)32-19-17-31(18-20-32)15-6-9-23-7-2-1-3-8-23/h1-13,21H,14-20,22H2/b9-6+. The van der Waals surface area contributed by atoms with Gasteiger partial charge >= 0.3 is 0 Å². The Hall–Kier alpha value is -3.33. The Balaban J connectivity index is 1.12. The Kier molecular flexibility index (Phi) is 8.02. The lowest BCUT2D eigenvalue weighted by molar-refractivity contribution is -0.135. The molecule has 1 amide bonds. The van der Waals surface area contributed by atoms with E-state index in [0.717, 1.165) is 25.2 Å². The summed E-state index contributed by atoms with van der Waals surface area (Å²) in [5, 5.41) is 0.154. The number of fused-ring (bicyclic) bond motifs is 1. The van der Waals surface area contributed by atoms with Crippen LogP contribution in [0.5, 0.6) is 5.75 Å². The minimum absolute atomic E-state index is 0.0929. The van der Waals surface area contributed by atoms with Crippen molar-refractivity contribution in [2.24, 2.45) is 0 Å². The predicted octanol–water partition coefficient (Wildman–Crippen LogP) is 4.33. The summed E-state index contributed by atoms with van der Waals surface area (Å²) in [6.07, 6.45) is 4.92. The van der Waals surface area contributed by atoms with E-state index in [4.69, 9.17) is 16.3 Å². The second-order valence-electron chi connectivity index (χ2n) is 9.33. The lowest BCUT2D eigenvalue weighted by atomic mass is 10.2. The monoisotopic (exact) mass is 551 g/mol. The molecule has 198 valence electrons. The molecule has 0 bridgehead atoms. The molecule has 0 aromatic heterocycles. The van der Waals surface area contributed by atoms with Gasteiger partial charge in [0.25, 0.3) is 15.9 Å². The van der Waals surface area contributed by atoms with Gasteiger partial charge in [-0.1, -0.05) is 72.3 Å². The average Bonchev–Trinajstić information content (AvgIpc) is 3.38. The number of para-hydroxylation sites is 1. The molecular formula is C29H30ClN3O4S. The van der Waals surface area contributed by atoms with Gasteiger partial charge in [-0.15, -0.1) is 0 Å². The van der Waals surface area contributed by atoms with E-state index in [-0.39, 0.29) is 28.2 Å². The number of anilines is 1. The number of ether oxygens (including phenoxy) is 1. The smallest absolute Gasteiger partial charge is 0.264 e. The number of benzene rings is 3. The van der Waals surface area contributed by atoms with Crippen LogP contribution in [0.4, 0.5) is 5.69 Å². The Morgan fingerprint density at radius 2 is 1.66 bits per heavy atom. The van der Waals surface area contributed by atoms with E-state index in [1.807, 2.05) is 42.5 Å². The fraction of sp³-hybridized carbons (Fsp3) is 0.276. The molecule has 0 aliphatic carbocycles. The van der Waals surface area contributed by atoms with Crippen LogP contribution in [0, 0.1) is 0 Å². The number of piperazine rings is 1. The van der Waals surface area contributed by atoms with Crippen molar-refractivity contribution in [3.8, 4) is 5.75 Å². The van der Waals surface area contributed by atoms with Gasteiger partial charge in [0.1, 0.15) is 5.75 Å². The molecule has 38 heavy (non-hydrogen) atoms. The Morgan fingerprint density at radius 1 is 0.921 bits per heavy atom. The lowest BCUT2D eigenvalue weighted by Gasteiger charge is -2.34. The molecule has 1 saturated heterocycles. The number of halogens is 1. The number of rotatable bonds is 8. The van der Waals surface area contributed by atoms with Crippen LogP contribution in [0.3, 0.4) is 0 Å². The number of amides is 1. The predicted molar refractivity (Wildman–Crippen MR) is 150 cm³/mol. The Morgan fingerprint density at radius 3 is 2.42 bits per heavy atom. The van der Waals surface area contributed by atoms with Gasteiger partial charge < -0.3 is 9.64 Å². The Labute approximate surface area is 228 Å². The van der Waals surface area contributed by atoms with Crippen molar-refractivity contribution in [2.45, 2.75) is 11.3 Å². The van der Waals surface area contributed by atoms with Crippen molar-refractivity contribution in [3.63, 3.8) is 0 Å². The molecule has 5 rings (SSSR count). The highest BCUT2D eigenvalue weighted by atomic mass is 35.5. The molecule has 3 aromatic carbocycles. The highest BCUT2D eigenvalue weighted by Crippen LogP contribution is 2.35. The molecule has 2 aliphatic heterocycles. The number of sulfonamides is 1. The number of nitrogens with zero attached hydrogens (tertiary/aromatic N) is 3. The molecular weight excluding hydrogens is 522 g/mol. The number of hydrogen-bond acceptors (Lipinski definition) is 5. The maximum atomic E-state index is 13.3. The van der Waals surface area contributed by atoms with E-state index in [0.29, 0.717) is 31.7 Å². The molecule has 3 aromatic rings. The zero-order valence-electron chi connectivity index (χ0n) is 21.0.